The van der Waals surface area contributed by atoms with Gasteiger partial charge in [0.05, 0.1) is 5.56 Å². The molecule has 0 bridgehead atoms. The topological polar surface area (TPSA) is 46.5 Å². The zero-order valence-corrected chi connectivity index (χ0v) is 9.98. The van der Waals surface area contributed by atoms with Crippen LogP contribution in [0.4, 0.5) is 8.78 Å². The van der Waals surface area contributed by atoms with Gasteiger partial charge in [0, 0.05) is 18.2 Å². The predicted molar refractivity (Wildman–Crippen MR) is 64.6 cm³/mol. The summed E-state index contributed by atoms with van der Waals surface area (Å²) in [4.78, 5) is 10.8. The number of carbonyl (C=O) groups is 1. The molecule has 0 spiro atoms. The van der Waals surface area contributed by atoms with Crippen LogP contribution in [0.1, 0.15) is 15.9 Å². The average molecular weight is 264 g/mol. The van der Waals surface area contributed by atoms with Crippen LogP contribution in [0.5, 0.6) is 11.5 Å². The van der Waals surface area contributed by atoms with Crippen molar-refractivity contribution in [3.05, 3.63) is 59.2 Å². The Bertz CT molecular complexity index is 618. The van der Waals surface area contributed by atoms with E-state index in [2.05, 4.69) is 0 Å². The van der Waals surface area contributed by atoms with E-state index in [0.29, 0.717) is 5.56 Å². The van der Waals surface area contributed by atoms with Crippen LogP contribution in [0, 0.1) is 18.6 Å². The number of hydrogen-bond acceptors (Lipinski definition) is 2. The number of carboxylic acid groups (broad SMARTS) is 1. The van der Waals surface area contributed by atoms with Crippen LogP contribution < -0.4 is 4.74 Å². The summed E-state index contributed by atoms with van der Waals surface area (Å²) in [6.45, 7) is 1.70. The highest BCUT2D eigenvalue weighted by atomic mass is 19.1. The molecule has 98 valence electrons. The smallest absolute Gasteiger partial charge is 0.335 e. The van der Waals surface area contributed by atoms with E-state index in [4.69, 9.17) is 9.84 Å². The molecule has 5 heteroatoms. The summed E-state index contributed by atoms with van der Waals surface area (Å²) in [5.74, 6) is -2.41. The van der Waals surface area contributed by atoms with Crippen molar-refractivity contribution in [1.82, 2.24) is 0 Å². The minimum absolute atomic E-state index is 0.0249. The van der Waals surface area contributed by atoms with Gasteiger partial charge in [-0.15, -0.1) is 0 Å². The molecule has 0 aliphatic heterocycles. The highest BCUT2D eigenvalue weighted by Crippen LogP contribution is 2.27. The van der Waals surface area contributed by atoms with Crippen molar-refractivity contribution in [2.24, 2.45) is 0 Å². The number of carboxylic acids is 1. The number of rotatable bonds is 3. The number of hydrogen-bond donors (Lipinski definition) is 1. The first kappa shape index (κ1) is 13.0. The predicted octanol–water partition coefficient (Wildman–Crippen LogP) is 3.76. The van der Waals surface area contributed by atoms with Crippen LogP contribution in [-0.2, 0) is 0 Å². The second-order valence-corrected chi connectivity index (χ2v) is 3.99. The lowest BCUT2D eigenvalue weighted by atomic mass is 10.1. The molecule has 0 atom stereocenters. The van der Waals surface area contributed by atoms with Gasteiger partial charge in [-0.05, 0) is 24.6 Å². The molecule has 19 heavy (non-hydrogen) atoms. The highest BCUT2D eigenvalue weighted by molar-refractivity contribution is 5.88. The van der Waals surface area contributed by atoms with E-state index in [9.17, 15) is 13.6 Å². The quantitative estimate of drug-likeness (QED) is 0.918. The van der Waals surface area contributed by atoms with Crippen molar-refractivity contribution in [3.8, 4) is 11.5 Å². The molecule has 0 unspecified atom stereocenters. The van der Waals surface area contributed by atoms with Gasteiger partial charge in [0.1, 0.15) is 23.1 Å². The fourth-order valence-electron chi connectivity index (χ4n) is 1.56. The van der Waals surface area contributed by atoms with Gasteiger partial charge in [0.15, 0.2) is 0 Å². The van der Waals surface area contributed by atoms with Gasteiger partial charge in [0.25, 0.3) is 0 Å². The van der Waals surface area contributed by atoms with Gasteiger partial charge in [-0.1, -0.05) is 6.07 Å². The Morgan fingerprint density at radius 2 is 1.74 bits per heavy atom. The van der Waals surface area contributed by atoms with Gasteiger partial charge < -0.3 is 9.84 Å². The maximum atomic E-state index is 13.0. The molecule has 2 rings (SSSR count). The molecule has 2 aromatic rings. The zero-order valence-electron chi connectivity index (χ0n) is 9.98. The molecule has 0 aromatic heterocycles. The summed E-state index contributed by atoms with van der Waals surface area (Å²) >= 11 is 0. The molecular weight excluding hydrogens is 254 g/mol. The minimum atomic E-state index is -1.10. The lowest BCUT2D eigenvalue weighted by Crippen LogP contribution is -1.98. The van der Waals surface area contributed by atoms with Crippen molar-refractivity contribution in [2.45, 2.75) is 6.92 Å². The third-order valence-electron chi connectivity index (χ3n) is 2.50. The van der Waals surface area contributed by atoms with E-state index in [1.54, 1.807) is 13.0 Å². The van der Waals surface area contributed by atoms with Gasteiger partial charge in [-0.25, -0.2) is 13.6 Å². The summed E-state index contributed by atoms with van der Waals surface area (Å²) in [5, 5.41) is 8.88. The normalized spacial score (nSPS) is 10.3. The van der Waals surface area contributed by atoms with E-state index >= 15 is 0 Å². The molecule has 0 amide bonds. The Morgan fingerprint density at radius 3 is 2.32 bits per heavy atom. The fraction of sp³-hybridized carbons (Fsp3) is 0.0714. The van der Waals surface area contributed by atoms with Crippen molar-refractivity contribution >= 4 is 5.97 Å². The lowest BCUT2D eigenvalue weighted by Gasteiger charge is -2.09. The van der Waals surface area contributed by atoms with Crippen LogP contribution in [0.2, 0.25) is 0 Å². The van der Waals surface area contributed by atoms with E-state index in [-0.39, 0.29) is 17.1 Å². The van der Waals surface area contributed by atoms with Crippen LogP contribution in [0.3, 0.4) is 0 Å². The molecule has 2 aromatic carbocycles. The first-order chi connectivity index (χ1) is 8.95. The van der Waals surface area contributed by atoms with Gasteiger partial charge >= 0.3 is 5.97 Å². The summed E-state index contributed by atoms with van der Waals surface area (Å²) in [5.41, 5.74) is 0.701. The highest BCUT2D eigenvalue weighted by Gasteiger charge is 2.09. The monoisotopic (exact) mass is 264 g/mol. The number of halogens is 2. The molecular formula is C14H10F2O3. The second-order valence-electron chi connectivity index (χ2n) is 3.99. The number of ether oxygens (including phenoxy) is 1. The van der Waals surface area contributed by atoms with Crippen LogP contribution in [0.25, 0.3) is 0 Å². The molecule has 0 fully saturated rings. The summed E-state index contributed by atoms with van der Waals surface area (Å²) < 4.78 is 31.4. The van der Waals surface area contributed by atoms with Crippen molar-refractivity contribution in [2.75, 3.05) is 0 Å². The molecule has 0 aliphatic rings. The fourth-order valence-corrected chi connectivity index (χ4v) is 1.56. The lowest BCUT2D eigenvalue weighted by molar-refractivity contribution is 0.0696. The summed E-state index contributed by atoms with van der Waals surface area (Å²) in [7, 11) is 0. The standard InChI is InChI=1S/C14H10F2O3/c1-8-2-3-9(14(17)18)4-13(8)19-12-6-10(15)5-11(16)7-12/h2-7H,1H3,(H,17,18). The third-order valence-corrected chi connectivity index (χ3v) is 2.50. The molecule has 0 aliphatic carbocycles. The van der Waals surface area contributed by atoms with Crippen molar-refractivity contribution in [1.29, 1.82) is 0 Å². The maximum Gasteiger partial charge on any atom is 0.335 e. The Hall–Kier alpha value is -2.43. The molecule has 1 N–H and O–H groups in total. The Labute approximate surface area is 108 Å². The number of aromatic carboxylic acids is 1. The van der Waals surface area contributed by atoms with E-state index < -0.39 is 17.6 Å². The maximum absolute atomic E-state index is 13.0. The minimum Gasteiger partial charge on any atom is -0.478 e. The Kier molecular flexibility index (Phi) is 3.46. The molecule has 0 radical (unpaired) electrons. The zero-order chi connectivity index (χ0) is 14.0. The van der Waals surface area contributed by atoms with E-state index in [1.807, 2.05) is 0 Å². The molecule has 3 nitrogen and oxygen atoms in total. The van der Waals surface area contributed by atoms with Crippen molar-refractivity contribution < 1.29 is 23.4 Å². The van der Waals surface area contributed by atoms with Gasteiger partial charge in [0.2, 0.25) is 0 Å². The Balaban J connectivity index is 2.37. The van der Waals surface area contributed by atoms with Crippen LogP contribution in [0.15, 0.2) is 36.4 Å². The first-order valence-corrected chi connectivity index (χ1v) is 5.43. The third kappa shape index (κ3) is 3.07. The first-order valence-electron chi connectivity index (χ1n) is 5.43. The summed E-state index contributed by atoms with van der Waals surface area (Å²) in [6, 6.07) is 7.07. The van der Waals surface area contributed by atoms with E-state index in [0.717, 1.165) is 18.2 Å². The van der Waals surface area contributed by atoms with E-state index in [1.165, 1.54) is 12.1 Å². The Morgan fingerprint density at radius 1 is 1.11 bits per heavy atom. The number of benzene rings is 2. The van der Waals surface area contributed by atoms with Gasteiger partial charge in [-0.3, -0.25) is 0 Å². The molecule has 0 saturated carbocycles. The summed E-state index contributed by atoms with van der Waals surface area (Å²) in [6.07, 6.45) is 0. The van der Waals surface area contributed by atoms with Crippen LogP contribution >= 0.6 is 0 Å². The molecule has 0 saturated heterocycles. The second kappa shape index (κ2) is 5.06. The van der Waals surface area contributed by atoms with Gasteiger partial charge in [-0.2, -0.15) is 0 Å². The SMILES string of the molecule is Cc1ccc(C(=O)O)cc1Oc1cc(F)cc(F)c1. The average Bonchev–Trinajstić information content (AvgIpc) is 2.30. The largest absolute Gasteiger partial charge is 0.478 e. The number of aryl methyl sites for hydroxylation is 1. The van der Waals surface area contributed by atoms with Crippen LogP contribution in [-0.4, -0.2) is 11.1 Å². The molecule has 0 heterocycles. The van der Waals surface area contributed by atoms with Crippen molar-refractivity contribution in [3.63, 3.8) is 0 Å².